The molecule has 2 aromatic rings. The van der Waals surface area contributed by atoms with Crippen LogP contribution >= 0.6 is 23.2 Å². The first-order valence-corrected chi connectivity index (χ1v) is 10.9. The molecule has 170 valence electrons. The predicted octanol–water partition coefficient (Wildman–Crippen LogP) is 4.41. The molecule has 0 radical (unpaired) electrons. The summed E-state index contributed by atoms with van der Waals surface area (Å²) in [6, 6.07) is 9.57. The minimum Gasteiger partial charge on any atom is -0.469 e. The van der Waals surface area contributed by atoms with E-state index in [1.165, 1.54) is 37.4 Å². The molecule has 0 bridgehead atoms. The fraction of sp³-hybridized carbons (Fsp3) is 0.348. The number of ether oxygens (including phenoxy) is 1. The van der Waals surface area contributed by atoms with E-state index in [1.54, 1.807) is 17.0 Å². The topological polar surface area (TPSA) is 75.7 Å². The van der Waals surface area contributed by atoms with Gasteiger partial charge in [-0.05, 0) is 48.7 Å². The van der Waals surface area contributed by atoms with Crippen molar-refractivity contribution in [1.29, 1.82) is 0 Å². The van der Waals surface area contributed by atoms with Gasteiger partial charge in [-0.2, -0.15) is 0 Å². The molecule has 0 spiro atoms. The zero-order chi connectivity index (χ0) is 23.3. The van der Waals surface area contributed by atoms with Gasteiger partial charge < -0.3 is 15.0 Å². The molecule has 1 heterocycles. The van der Waals surface area contributed by atoms with Crippen LogP contribution in [0.25, 0.3) is 0 Å². The number of nitrogens with zero attached hydrogens (tertiary/aromatic N) is 1. The molecule has 2 atom stereocenters. The third-order valence-corrected chi connectivity index (χ3v) is 6.17. The lowest BCUT2D eigenvalue weighted by Gasteiger charge is -2.33. The Kier molecular flexibility index (Phi) is 8.10. The van der Waals surface area contributed by atoms with E-state index in [4.69, 9.17) is 27.9 Å². The smallest absolute Gasteiger partial charge is 0.307 e. The first kappa shape index (κ1) is 24.0. The third-order valence-electron chi connectivity index (χ3n) is 5.43. The van der Waals surface area contributed by atoms with Crippen LogP contribution in [0.2, 0.25) is 10.0 Å². The molecular weight excluding hydrogens is 458 g/mol. The molecule has 1 fully saturated rings. The Morgan fingerprint density at radius 3 is 2.53 bits per heavy atom. The van der Waals surface area contributed by atoms with Gasteiger partial charge in [-0.25, -0.2) is 4.39 Å². The number of methoxy groups -OCH3 is 1. The largest absolute Gasteiger partial charge is 0.469 e. The van der Waals surface area contributed by atoms with E-state index in [-0.39, 0.29) is 29.8 Å². The van der Waals surface area contributed by atoms with E-state index >= 15 is 0 Å². The Morgan fingerprint density at radius 2 is 1.88 bits per heavy atom. The highest BCUT2D eigenvalue weighted by atomic mass is 35.5. The first-order valence-electron chi connectivity index (χ1n) is 10.2. The van der Waals surface area contributed by atoms with Crippen LogP contribution < -0.4 is 5.32 Å². The summed E-state index contributed by atoms with van der Waals surface area (Å²) in [5, 5.41) is 3.51. The number of nitrogens with one attached hydrogen (secondary N) is 1. The van der Waals surface area contributed by atoms with Gasteiger partial charge in [0.1, 0.15) is 5.82 Å². The van der Waals surface area contributed by atoms with Crippen LogP contribution in [0.15, 0.2) is 42.5 Å². The number of rotatable bonds is 6. The second kappa shape index (κ2) is 10.8. The second-order valence-corrected chi connectivity index (χ2v) is 8.43. The molecule has 32 heavy (non-hydrogen) atoms. The van der Waals surface area contributed by atoms with E-state index in [0.29, 0.717) is 35.5 Å². The second-order valence-electron chi connectivity index (χ2n) is 7.61. The van der Waals surface area contributed by atoms with E-state index in [0.717, 1.165) is 0 Å². The zero-order valence-corrected chi connectivity index (χ0v) is 19.0. The third kappa shape index (κ3) is 5.99. The summed E-state index contributed by atoms with van der Waals surface area (Å²) in [7, 11) is 1.26. The maximum absolute atomic E-state index is 13.3. The standard InChI is InChI=1S/C23H23Cl2FN2O4/c1-32-21(29)12-20(14-4-7-17(26)8-5-14)27-22(30)16-3-2-10-28(13-16)23(31)15-6-9-18(24)19(25)11-15/h4-9,11,16,20H,2-3,10,12-13H2,1H3,(H,27,30). The van der Waals surface area contributed by atoms with Crippen molar-refractivity contribution in [2.45, 2.75) is 25.3 Å². The molecule has 9 heteroatoms. The van der Waals surface area contributed by atoms with Gasteiger partial charge in [0.05, 0.1) is 35.5 Å². The number of likely N-dealkylation sites (tertiary alicyclic amines) is 1. The Bertz CT molecular complexity index is 1000. The monoisotopic (exact) mass is 480 g/mol. The Morgan fingerprint density at radius 1 is 1.16 bits per heavy atom. The van der Waals surface area contributed by atoms with Crippen LogP contribution in [0.5, 0.6) is 0 Å². The quantitative estimate of drug-likeness (QED) is 0.621. The average Bonchev–Trinajstić information content (AvgIpc) is 2.80. The minimum atomic E-state index is -0.670. The molecule has 2 aromatic carbocycles. The summed E-state index contributed by atoms with van der Waals surface area (Å²) >= 11 is 12.0. The summed E-state index contributed by atoms with van der Waals surface area (Å²) in [4.78, 5) is 39.4. The number of hydrogen-bond donors (Lipinski definition) is 1. The van der Waals surface area contributed by atoms with Crippen LogP contribution in [0, 0.1) is 11.7 Å². The molecule has 0 saturated carbocycles. The van der Waals surface area contributed by atoms with E-state index in [9.17, 15) is 18.8 Å². The van der Waals surface area contributed by atoms with Crippen LogP contribution in [0.4, 0.5) is 4.39 Å². The fourth-order valence-corrected chi connectivity index (χ4v) is 3.97. The number of piperidine rings is 1. The SMILES string of the molecule is COC(=O)CC(NC(=O)C1CCCN(C(=O)c2ccc(Cl)c(Cl)c2)C1)c1ccc(F)cc1. The molecule has 1 saturated heterocycles. The highest BCUT2D eigenvalue weighted by Crippen LogP contribution is 2.26. The van der Waals surface area contributed by atoms with Crippen molar-refractivity contribution in [3.05, 3.63) is 69.5 Å². The molecule has 1 aliphatic rings. The Balaban J connectivity index is 1.70. The highest BCUT2D eigenvalue weighted by Gasteiger charge is 2.31. The molecule has 1 N–H and O–H groups in total. The highest BCUT2D eigenvalue weighted by molar-refractivity contribution is 6.42. The number of carbonyl (C=O) groups excluding carboxylic acids is 3. The lowest BCUT2D eigenvalue weighted by Crippen LogP contribution is -2.46. The Labute approximate surface area is 195 Å². The van der Waals surface area contributed by atoms with Gasteiger partial charge in [0, 0.05) is 18.7 Å². The van der Waals surface area contributed by atoms with Crippen LogP contribution in [0.3, 0.4) is 0 Å². The number of carbonyl (C=O) groups is 3. The molecule has 0 aliphatic carbocycles. The zero-order valence-electron chi connectivity index (χ0n) is 17.4. The number of hydrogen-bond acceptors (Lipinski definition) is 4. The maximum atomic E-state index is 13.3. The molecule has 0 aromatic heterocycles. The van der Waals surface area contributed by atoms with Gasteiger partial charge in [-0.3, -0.25) is 14.4 Å². The summed E-state index contributed by atoms with van der Waals surface area (Å²) in [6.45, 7) is 0.756. The van der Waals surface area contributed by atoms with Gasteiger partial charge >= 0.3 is 5.97 Å². The van der Waals surface area contributed by atoms with Crippen molar-refractivity contribution in [3.63, 3.8) is 0 Å². The number of amides is 2. The van der Waals surface area contributed by atoms with Gasteiger partial charge in [-0.1, -0.05) is 35.3 Å². The van der Waals surface area contributed by atoms with Crippen LogP contribution in [-0.2, 0) is 14.3 Å². The molecular formula is C23H23Cl2FN2O4. The maximum Gasteiger partial charge on any atom is 0.307 e. The molecule has 2 unspecified atom stereocenters. The van der Waals surface area contributed by atoms with E-state index in [2.05, 4.69) is 5.32 Å². The normalized spacial score (nSPS) is 16.9. The summed E-state index contributed by atoms with van der Waals surface area (Å²) in [5.41, 5.74) is 0.986. The van der Waals surface area contributed by atoms with E-state index in [1.807, 2.05) is 0 Å². The minimum absolute atomic E-state index is 0.0908. The molecule has 3 rings (SSSR count). The van der Waals surface area contributed by atoms with Gasteiger partial charge in [0.25, 0.3) is 5.91 Å². The lowest BCUT2D eigenvalue weighted by atomic mass is 9.95. The van der Waals surface area contributed by atoms with Gasteiger partial charge in [0.15, 0.2) is 0 Å². The van der Waals surface area contributed by atoms with Crippen molar-refractivity contribution in [2.75, 3.05) is 20.2 Å². The van der Waals surface area contributed by atoms with Gasteiger partial charge in [0.2, 0.25) is 5.91 Å². The summed E-state index contributed by atoms with van der Waals surface area (Å²) < 4.78 is 18.0. The van der Waals surface area contributed by atoms with Crippen molar-refractivity contribution >= 4 is 41.0 Å². The summed E-state index contributed by atoms with van der Waals surface area (Å²) in [6.07, 6.45) is 1.17. The predicted molar refractivity (Wildman–Crippen MR) is 119 cm³/mol. The van der Waals surface area contributed by atoms with Crippen molar-refractivity contribution < 1.29 is 23.5 Å². The molecule has 1 aliphatic heterocycles. The van der Waals surface area contributed by atoms with Crippen LogP contribution in [0.1, 0.15) is 41.2 Å². The lowest BCUT2D eigenvalue weighted by molar-refractivity contribution is -0.141. The number of esters is 1. The summed E-state index contributed by atoms with van der Waals surface area (Å²) in [5.74, 6) is -1.88. The van der Waals surface area contributed by atoms with Crippen molar-refractivity contribution in [1.82, 2.24) is 10.2 Å². The van der Waals surface area contributed by atoms with Crippen LogP contribution in [-0.4, -0.2) is 42.9 Å². The first-order chi connectivity index (χ1) is 15.3. The van der Waals surface area contributed by atoms with Crippen molar-refractivity contribution in [3.8, 4) is 0 Å². The van der Waals surface area contributed by atoms with E-state index < -0.39 is 23.7 Å². The fourth-order valence-electron chi connectivity index (χ4n) is 3.67. The molecule has 2 amide bonds. The average molecular weight is 481 g/mol. The number of benzene rings is 2. The van der Waals surface area contributed by atoms with Crippen molar-refractivity contribution in [2.24, 2.45) is 5.92 Å². The van der Waals surface area contributed by atoms with Gasteiger partial charge in [-0.15, -0.1) is 0 Å². The molecule has 6 nitrogen and oxygen atoms in total. The Hall–Kier alpha value is -2.64. The number of halogens is 3.